The van der Waals surface area contributed by atoms with Gasteiger partial charge in [-0.05, 0) is 25.0 Å². The highest BCUT2D eigenvalue weighted by molar-refractivity contribution is 5.94. The van der Waals surface area contributed by atoms with Crippen LogP contribution in [0.25, 0.3) is 0 Å². The largest absolute Gasteiger partial charge is 0.389 e. The molecule has 3 fully saturated rings. The Labute approximate surface area is 180 Å². The molecule has 4 rings (SSSR count). The third-order valence-electron chi connectivity index (χ3n) is 6.11. The van der Waals surface area contributed by atoms with Crippen LogP contribution in [0.1, 0.15) is 29.6 Å². The van der Waals surface area contributed by atoms with E-state index < -0.39 is 23.9 Å². The van der Waals surface area contributed by atoms with Gasteiger partial charge in [-0.15, -0.1) is 0 Å². The first-order chi connectivity index (χ1) is 15.0. The molecule has 0 saturated carbocycles. The number of carbonyl (C=O) groups is 2. The molecule has 4 atom stereocenters. The number of amides is 2. The van der Waals surface area contributed by atoms with Crippen molar-refractivity contribution in [1.82, 2.24) is 9.80 Å². The van der Waals surface area contributed by atoms with Crippen molar-refractivity contribution in [2.75, 3.05) is 46.1 Å². The standard InChI is InChI=1S/C22H29FN2O6/c23-18-4-2-1-3-17(18)22(28)25-12-15(26)13-30-14-20-19(25)6-5-16(31-20)11-21(27)24-7-9-29-10-8-24/h1-4,15-16,19-20,26H,5-14H2/t15-,16-,19+,20-/m1/s1. The molecule has 0 spiro atoms. The van der Waals surface area contributed by atoms with Crippen molar-refractivity contribution in [2.24, 2.45) is 0 Å². The summed E-state index contributed by atoms with van der Waals surface area (Å²) in [5.74, 6) is -1.03. The molecule has 1 aromatic carbocycles. The Morgan fingerprint density at radius 2 is 1.87 bits per heavy atom. The van der Waals surface area contributed by atoms with Crippen molar-refractivity contribution in [3.63, 3.8) is 0 Å². The van der Waals surface area contributed by atoms with Gasteiger partial charge in [-0.2, -0.15) is 0 Å². The number of benzene rings is 1. The van der Waals surface area contributed by atoms with Crippen LogP contribution in [0, 0.1) is 5.82 Å². The normalized spacial score (nSPS) is 29.6. The van der Waals surface area contributed by atoms with Crippen LogP contribution < -0.4 is 0 Å². The van der Waals surface area contributed by atoms with E-state index in [-0.39, 0.29) is 49.8 Å². The summed E-state index contributed by atoms with van der Waals surface area (Å²) in [5.41, 5.74) is -0.0282. The van der Waals surface area contributed by atoms with Gasteiger partial charge in [0.15, 0.2) is 0 Å². The third kappa shape index (κ3) is 5.23. The zero-order valence-electron chi connectivity index (χ0n) is 17.5. The zero-order chi connectivity index (χ0) is 21.8. The molecule has 0 unspecified atom stereocenters. The van der Waals surface area contributed by atoms with Crippen molar-refractivity contribution in [2.45, 2.75) is 43.6 Å². The third-order valence-corrected chi connectivity index (χ3v) is 6.11. The number of halogens is 1. The zero-order valence-corrected chi connectivity index (χ0v) is 17.5. The molecule has 1 aromatic rings. The summed E-state index contributed by atoms with van der Waals surface area (Å²) in [6.45, 7) is 2.56. The second kappa shape index (κ2) is 10.0. The van der Waals surface area contributed by atoms with E-state index in [1.807, 2.05) is 0 Å². The summed E-state index contributed by atoms with van der Waals surface area (Å²) in [4.78, 5) is 29.1. The van der Waals surface area contributed by atoms with E-state index in [2.05, 4.69) is 0 Å². The summed E-state index contributed by atoms with van der Waals surface area (Å²) in [6.07, 6.45) is -0.129. The molecule has 0 radical (unpaired) electrons. The Morgan fingerprint density at radius 3 is 2.65 bits per heavy atom. The second-order valence-electron chi connectivity index (χ2n) is 8.27. The van der Waals surface area contributed by atoms with Crippen LogP contribution >= 0.6 is 0 Å². The molecular formula is C22H29FN2O6. The minimum atomic E-state index is -0.864. The van der Waals surface area contributed by atoms with Gasteiger partial charge >= 0.3 is 0 Å². The Hall–Kier alpha value is -2.07. The number of ether oxygens (including phenoxy) is 3. The lowest BCUT2D eigenvalue weighted by molar-refractivity contribution is -0.157. The Balaban J connectivity index is 1.46. The lowest BCUT2D eigenvalue weighted by Gasteiger charge is -2.44. The van der Waals surface area contributed by atoms with Gasteiger partial charge in [0.05, 0.1) is 56.7 Å². The van der Waals surface area contributed by atoms with E-state index in [9.17, 15) is 19.1 Å². The average Bonchev–Trinajstić information content (AvgIpc) is 2.77. The van der Waals surface area contributed by atoms with Crippen molar-refractivity contribution in [3.8, 4) is 0 Å². The lowest BCUT2D eigenvalue weighted by Crippen LogP contribution is -2.57. The number of fused-ring (bicyclic) bond motifs is 1. The van der Waals surface area contributed by atoms with Crippen molar-refractivity contribution in [1.29, 1.82) is 0 Å². The molecule has 8 nitrogen and oxygen atoms in total. The van der Waals surface area contributed by atoms with Crippen LogP contribution in [0.4, 0.5) is 4.39 Å². The first-order valence-electron chi connectivity index (χ1n) is 10.8. The maximum Gasteiger partial charge on any atom is 0.257 e. The molecular weight excluding hydrogens is 407 g/mol. The fourth-order valence-corrected chi connectivity index (χ4v) is 4.50. The summed E-state index contributed by atoms with van der Waals surface area (Å²) >= 11 is 0. The fourth-order valence-electron chi connectivity index (χ4n) is 4.50. The van der Waals surface area contributed by atoms with Crippen molar-refractivity contribution < 1.29 is 33.3 Å². The van der Waals surface area contributed by atoms with Gasteiger partial charge in [0.1, 0.15) is 11.9 Å². The maximum absolute atomic E-state index is 14.3. The van der Waals surface area contributed by atoms with E-state index >= 15 is 0 Å². The monoisotopic (exact) mass is 436 g/mol. The fraction of sp³-hybridized carbons (Fsp3) is 0.636. The lowest BCUT2D eigenvalue weighted by atomic mass is 9.94. The van der Waals surface area contributed by atoms with Gasteiger partial charge in [0.2, 0.25) is 5.91 Å². The van der Waals surface area contributed by atoms with E-state index in [0.717, 1.165) is 0 Å². The SMILES string of the molecule is O=C(C[C@H]1CC[C@H]2[C@@H](COC[C@H](O)CN2C(=O)c2ccccc2F)O1)N1CCOCC1. The van der Waals surface area contributed by atoms with Gasteiger partial charge in [0.25, 0.3) is 5.91 Å². The Kier molecular flexibility index (Phi) is 7.16. The summed E-state index contributed by atoms with van der Waals surface area (Å²) in [5, 5.41) is 10.2. The Bertz CT molecular complexity index is 787. The summed E-state index contributed by atoms with van der Waals surface area (Å²) in [6, 6.07) is 5.48. The number of aliphatic hydroxyl groups excluding tert-OH is 1. The van der Waals surface area contributed by atoms with E-state index in [1.54, 1.807) is 11.0 Å². The van der Waals surface area contributed by atoms with Crippen LogP contribution in [0.3, 0.4) is 0 Å². The van der Waals surface area contributed by atoms with Crippen LogP contribution in [0.15, 0.2) is 24.3 Å². The molecule has 0 aromatic heterocycles. The maximum atomic E-state index is 14.3. The van der Waals surface area contributed by atoms with E-state index in [1.165, 1.54) is 23.1 Å². The smallest absolute Gasteiger partial charge is 0.257 e. The average molecular weight is 436 g/mol. The van der Waals surface area contributed by atoms with Crippen molar-refractivity contribution >= 4 is 11.8 Å². The molecule has 170 valence electrons. The van der Waals surface area contributed by atoms with Gasteiger partial charge in [-0.3, -0.25) is 9.59 Å². The number of aliphatic hydroxyl groups is 1. The number of rotatable bonds is 3. The first-order valence-corrected chi connectivity index (χ1v) is 10.8. The molecule has 31 heavy (non-hydrogen) atoms. The molecule has 3 aliphatic rings. The summed E-state index contributed by atoms with van der Waals surface area (Å²) < 4.78 is 31.3. The molecule has 2 amide bonds. The molecule has 3 aliphatic heterocycles. The van der Waals surface area contributed by atoms with E-state index in [0.29, 0.717) is 39.1 Å². The van der Waals surface area contributed by atoms with E-state index in [4.69, 9.17) is 14.2 Å². The summed E-state index contributed by atoms with van der Waals surface area (Å²) in [7, 11) is 0. The molecule has 3 heterocycles. The van der Waals surface area contributed by atoms with Crippen LogP contribution in [0.2, 0.25) is 0 Å². The Morgan fingerprint density at radius 1 is 1.10 bits per heavy atom. The minimum Gasteiger partial charge on any atom is -0.389 e. The molecule has 0 aliphatic carbocycles. The molecule has 1 N–H and O–H groups in total. The highest BCUT2D eigenvalue weighted by Gasteiger charge is 2.41. The van der Waals surface area contributed by atoms with Gasteiger partial charge in [-0.25, -0.2) is 4.39 Å². The second-order valence-corrected chi connectivity index (χ2v) is 8.27. The molecule has 0 bridgehead atoms. The highest BCUT2D eigenvalue weighted by atomic mass is 19.1. The topological polar surface area (TPSA) is 88.5 Å². The van der Waals surface area contributed by atoms with Gasteiger partial charge < -0.3 is 29.1 Å². The molecule has 9 heteroatoms. The highest BCUT2D eigenvalue weighted by Crippen LogP contribution is 2.29. The number of hydrogen-bond acceptors (Lipinski definition) is 6. The number of morpholine rings is 1. The predicted molar refractivity (Wildman–Crippen MR) is 108 cm³/mol. The van der Waals surface area contributed by atoms with Crippen LogP contribution in [-0.4, -0.2) is 97.1 Å². The number of carbonyl (C=O) groups excluding carboxylic acids is 2. The number of β-amino-alcohol motifs (C(OH)–C–C–N with tert-alkyl or cyclic N) is 1. The van der Waals surface area contributed by atoms with Crippen LogP contribution in [0.5, 0.6) is 0 Å². The van der Waals surface area contributed by atoms with Crippen LogP contribution in [-0.2, 0) is 19.0 Å². The van der Waals surface area contributed by atoms with Gasteiger partial charge in [0, 0.05) is 19.6 Å². The van der Waals surface area contributed by atoms with Crippen molar-refractivity contribution in [3.05, 3.63) is 35.6 Å². The number of nitrogens with zero attached hydrogens (tertiary/aromatic N) is 2. The molecule has 3 saturated heterocycles. The number of hydrogen-bond donors (Lipinski definition) is 1. The minimum absolute atomic E-state index is 0.0282. The van der Waals surface area contributed by atoms with Gasteiger partial charge in [-0.1, -0.05) is 12.1 Å². The quantitative estimate of drug-likeness (QED) is 0.755. The predicted octanol–water partition coefficient (Wildman–Crippen LogP) is 0.824. The first kappa shape index (κ1) is 22.1.